The number of nitrogen functional groups attached to an aromatic ring is 1. The van der Waals surface area contributed by atoms with E-state index in [2.05, 4.69) is 14.9 Å². The number of ether oxygens (including phenoxy) is 2. The maximum absolute atomic E-state index is 14.4. The van der Waals surface area contributed by atoms with Crippen molar-refractivity contribution in [1.29, 1.82) is 0 Å². The number of nitrogens with zero attached hydrogens (tertiary/aromatic N) is 7. The molecule has 13 heteroatoms. The molecule has 0 amide bonds. The molecule has 0 atom stereocenters. The second-order valence-electron chi connectivity index (χ2n) is 11.3. The summed E-state index contributed by atoms with van der Waals surface area (Å²) in [6.45, 7) is 5.13. The van der Waals surface area contributed by atoms with Gasteiger partial charge in [-0.15, -0.1) is 0 Å². The number of halogens is 1. The molecule has 0 bridgehead atoms. The molecule has 1 aliphatic heterocycles. The van der Waals surface area contributed by atoms with Crippen LogP contribution in [0.25, 0.3) is 33.2 Å². The lowest BCUT2D eigenvalue weighted by atomic mass is 10.1. The van der Waals surface area contributed by atoms with E-state index in [-0.39, 0.29) is 36.8 Å². The summed E-state index contributed by atoms with van der Waals surface area (Å²) in [6.07, 6.45) is 1.37. The van der Waals surface area contributed by atoms with E-state index in [9.17, 15) is 9.90 Å². The monoisotopic (exact) mass is 652 g/mol. The van der Waals surface area contributed by atoms with Crippen molar-refractivity contribution >= 4 is 39.4 Å². The highest BCUT2D eigenvalue weighted by Gasteiger charge is 2.21. The number of rotatable bonds is 10. The van der Waals surface area contributed by atoms with Crippen molar-refractivity contribution in [1.82, 2.24) is 34.2 Å². The van der Waals surface area contributed by atoms with E-state index in [1.807, 2.05) is 42.5 Å². The maximum Gasteiger partial charge on any atom is 0.262 e. The zero-order valence-electron chi connectivity index (χ0n) is 25.5. The van der Waals surface area contributed by atoms with Gasteiger partial charge >= 0.3 is 0 Å². The van der Waals surface area contributed by atoms with E-state index in [0.29, 0.717) is 50.6 Å². The van der Waals surface area contributed by atoms with Crippen molar-refractivity contribution < 1.29 is 14.6 Å². The largest absolute Gasteiger partial charge is 0.508 e. The van der Waals surface area contributed by atoms with Gasteiger partial charge in [-0.25, -0.2) is 19.6 Å². The molecule has 0 spiro atoms. The van der Waals surface area contributed by atoms with Crippen LogP contribution in [0.15, 0.2) is 77.9 Å². The number of phenols is 1. The average molecular weight is 653 g/mol. The third-order valence-corrected chi connectivity index (χ3v) is 8.69. The van der Waals surface area contributed by atoms with E-state index in [0.717, 1.165) is 44.0 Å². The van der Waals surface area contributed by atoms with Crippen molar-refractivity contribution in [2.24, 2.45) is 0 Å². The molecule has 3 aromatic carbocycles. The van der Waals surface area contributed by atoms with Crippen LogP contribution in [0.5, 0.6) is 5.75 Å². The third-order valence-electron chi connectivity index (χ3n) is 8.32. The van der Waals surface area contributed by atoms with Crippen LogP contribution in [0, 0.1) is 0 Å². The first kappa shape index (κ1) is 30.8. The Labute approximate surface area is 275 Å². The molecule has 1 saturated heterocycles. The molecular weight excluding hydrogens is 620 g/mol. The Balaban J connectivity index is 1.29. The van der Waals surface area contributed by atoms with E-state index in [4.69, 9.17) is 36.9 Å². The Morgan fingerprint density at radius 1 is 0.957 bits per heavy atom. The number of hydrogen-bond acceptors (Lipinski definition) is 10. The van der Waals surface area contributed by atoms with Gasteiger partial charge in [-0.3, -0.25) is 14.3 Å². The summed E-state index contributed by atoms with van der Waals surface area (Å²) in [4.78, 5) is 30.4. The predicted octanol–water partition coefficient (Wildman–Crippen LogP) is 4.09. The maximum atomic E-state index is 14.4. The second-order valence-corrected chi connectivity index (χ2v) is 11.7. The molecule has 47 heavy (non-hydrogen) atoms. The lowest BCUT2D eigenvalue weighted by molar-refractivity contribution is 0.0181. The molecule has 3 N–H and O–H groups in total. The van der Waals surface area contributed by atoms with Gasteiger partial charge in [0.2, 0.25) is 0 Å². The number of aromatic nitrogens is 6. The Kier molecular flexibility index (Phi) is 8.81. The number of benzene rings is 3. The fraction of sp³-hybridized carbons (Fsp3) is 0.265. The minimum absolute atomic E-state index is 0.0891. The van der Waals surface area contributed by atoms with Crippen LogP contribution in [-0.2, 0) is 29.2 Å². The summed E-state index contributed by atoms with van der Waals surface area (Å²) in [7, 11) is 0. The van der Waals surface area contributed by atoms with Crippen molar-refractivity contribution in [3.63, 3.8) is 0 Å². The zero-order chi connectivity index (χ0) is 32.3. The molecule has 3 aromatic heterocycles. The number of nitrogens with two attached hydrogens (primary N) is 1. The number of anilines is 1. The number of fused-ring (bicyclic) bond motifs is 2. The van der Waals surface area contributed by atoms with Gasteiger partial charge in [-0.05, 0) is 35.4 Å². The SMILES string of the molecule is Nc1ncnc2c1c(-c1cccc(O)c1)nn2Cc1nc2cccc(COCCN3CCOCC3)c2c(=O)n1Cc1ccccc1Cl. The number of aromatic hydroxyl groups is 1. The molecule has 12 nitrogen and oxygen atoms in total. The van der Waals surface area contributed by atoms with Crippen LogP contribution < -0.4 is 11.3 Å². The summed E-state index contributed by atoms with van der Waals surface area (Å²) in [5.41, 5.74) is 9.82. The third kappa shape index (κ3) is 6.41. The fourth-order valence-electron chi connectivity index (χ4n) is 5.91. The van der Waals surface area contributed by atoms with Gasteiger partial charge in [0.1, 0.15) is 36.0 Å². The Bertz CT molecular complexity index is 2130. The van der Waals surface area contributed by atoms with Crippen LogP contribution in [0.3, 0.4) is 0 Å². The van der Waals surface area contributed by atoms with Gasteiger partial charge in [0, 0.05) is 30.2 Å². The first-order valence-corrected chi connectivity index (χ1v) is 15.7. The van der Waals surface area contributed by atoms with Crippen LogP contribution in [0.2, 0.25) is 5.02 Å². The number of phenolic OH excluding ortho intramolecular Hbond substituents is 1. The second kappa shape index (κ2) is 13.5. The van der Waals surface area contributed by atoms with E-state index >= 15 is 0 Å². The average Bonchev–Trinajstić information content (AvgIpc) is 3.45. The standard InChI is InChI=1S/C34H33ClN8O4/c35-26-9-2-1-5-23(26)18-42-28(19-43-33-30(32(36)37-21-38-33)31(40-43)22-6-3-8-25(44)17-22)39-27-10-4-7-24(29(27)34(42)45)20-47-16-13-41-11-14-46-15-12-41/h1-10,17,21,44H,11-16,18-20H2,(H2,36,37,38). The summed E-state index contributed by atoms with van der Waals surface area (Å²) in [6, 6.07) is 19.8. The van der Waals surface area contributed by atoms with Crippen molar-refractivity contribution in [2.45, 2.75) is 19.7 Å². The molecular formula is C34H33ClN8O4. The molecule has 4 heterocycles. The molecule has 0 unspecified atom stereocenters. The zero-order valence-corrected chi connectivity index (χ0v) is 26.3. The quantitative estimate of drug-likeness (QED) is 0.208. The van der Waals surface area contributed by atoms with Crippen molar-refractivity contribution in [3.05, 3.63) is 105 Å². The highest BCUT2D eigenvalue weighted by molar-refractivity contribution is 6.31. The Morgan fingerprint density at radius 2 is 1.77 bits per heavy atom. The predicted molar refractivity (Wildman–Crippen MR) is 179 cm³/mol. The van der Waals surface area contributed by atoms with Crippen LogP contribution in [0.1, 0.15) is 17.0 Å². The highest BCUT2D eigenvalue weighted by Crippen LogP contribution is 2.32. The van der Waals surface area contributed by atoms with Gasteiger partial charge < -0.3 is 20.3 Å². The van der Waals surface area contributed by atoms with Gasteiger partial charge in [0.25, 0.3) is 5.56 Å². The van der Waals surface area contributed by atoms with E-state index in [1.165, 1.54) is 6.33 Å². The topological polar surface area (TPSA) is 146 Å². The summed E-state index contributed by atoms with van der Waals surface area (Å²) in [5, 5.41) is 16.6. The minimum atomic E-state index is -0.212. The molecule has 6 aromatic rings. The first-order chi connectivity index (χ1) is 23.0. The molecule has 1 fully saturated rings. The lowest BCUT2D eigenvalue weighted by Gasteiger charge is -2.26. The van der Waals surface area contributed by atoms with Crippen molar-refractivity contribution in [2.75, 3.05) is 45.2 Å². The van der Waals surface area contributed by atoms with E-state index in [1.54, 1.807) is 33.5 Å². The summed E-state index contributed by atoms with van der Waals surface area (Å²) < 4.78 is 14.8. The van der Waals surface area contributed by atoms with Gasteiger partial charge in [-0.2, -0.15) is 5.10 Å². The summed E-state index contributed by atoms with van der Waals surface area (Å²) >= 11 is 6.58. The summed E-state index contributed by atoms with van der Waals surface area (Å²) in [5.74, 6) is 0.793. The Morgan fingerprint density at radius 3 is 2.60 bits per heavy atom. The van der Waals surface area contributed by atoms with Gasteiger partial charge in [0.05, 0.1) is 49.3 Å². The van der Waals surface area contributed by atoms with Crippen molar-refractivity contribution in [3.8, 4) is 17.0 Å². The Hall–Kier alpha value is -4.88. The molecule has 0 aliphatic carbocycles. The van der Waals surface area contributed by atoms with Gasteiger partial charge in [-0.1, -0.05) is 54.1 Å². The molecule has 7 rings (SSSR count). The molecule has 1 aliphatic rings. The number of morpholine rings is 1. The minimum Gasteiger partial charge on any atom is -0.508 e. The number of hydrogen-bond donors (Lipinski definition) is 2. The molecule has 0 saturated carbocycles. The van der Waals surface area contributed by atoms with E-state index < -0.39 is 0 Å². The molecule has 0 radical (unpaired) electrons. The fourth-order valence-corrected chi connectivity index (χ4v) is 6.11. The van der Waals surface area contributed by atoms with Crippen LogP contribution in [-0.4, -0.2) is 78.8 Å². The normalized spacial score (nSPS) is 13.9. The van der Waals surface area contributed by atoms with Gasteiger partial charge in [0.15, 0.2) is 5.65 Å². The van der Waals surface area contributed by atoms with Crippen LogP contribution >= 0.6 is 11.6 Å². The first-order valence-electron chi connectivity index (χ1n) is 15.3. The molecule has 240 valence electrons. The smallest absolute Gasteiger partial charge is 0.262 e. The lowest BCUT2D eigenvalue weighted by Crippen LogP contribution is -2.38. The highest BCUT2D eigenvalue weighted by atomic mass is 35.5. The van der Waals surface area contributed by atoms with Crippen LogP contribution in [0.4, 0.5) is 5.82 Å².